The van der Waals surface area contributed by atoms with Crippen molar-refractivity contribution in [3.63, 3.8) is 0 Å². The van der Waals surface area contributed by atoms with Crippen molar-refractivity contribution in [1.82, 2.24) is 0 Å². The van der Waals surface area contributed by atoms with Crippen LogP contribution in [0.2, 0.25) is 5.02 Å². The molecule has 1 rings (SSSR count). The molecule has 1 aromatic carbocycles. The second-order valence-corrected chi connectivity index (χ2v) is 3.82. The number of rotatable bonds is 3. The van der Waals surface area contributed by atoms with E-state index in [0.717, 1.165) is 11.1 Å². The maximum atomic E-state index is 11.0. The summed E-state index contributed by atoms with van der Waals surface area (Å²) in [5.74, 6) is -0.333. The molecule has 3 nitrogen and oxygen atoms in total. The number of ether oxygens (including phenoxy) is 1. The van der Waals surface area contributed by atoms with Gasteiger partial charge in [-0.25, -0.2) is 0 Å². The van der Waals surface area contributed by atoms with Crippen LogP contribution in [0.4, 0.5) is 0 Å². The van der Waals surface area contributed by atoms with Crippen LogP contribution in [0.25, 0.3) is 0 Å². The molecule has 1 unspecified atom stereocenters. The largest absolute Gasteiger partial charge is 0.469 e. The van der Waals surface area contributed by atoms with E-state index in [0.29, 0.717) is 5.02 Å². The lowest BCUT2D eigenvalue weighted by Crippen LogP contribution is -2.16. The number of carbonyl (C=O) groups is 1. The monoisotopic (exact) mass is 227 g/mol. The molecular weight excluding hydrogens is 214 g/mol. The van der Waals surface area contributed by atoms with Crippen molar-refractivity contribution in [3.05, 3.63) is 34.3 Å². The molecule has 1 atom stereocenters. The third kappa shape index (κ3) is 3.22. The van der Waals surface area contributed by atoms with Gasteiger partial charge < -0.3 is 10.5 Å². The minimum absolute atomic E-state index is 0.139. The molecule has 0 saturated heterocycles. The fraction of sp³-hybridized carbons (Fsp3) is 0.364. The van der Waals surface area contributed by atoms with Gasteiger partial charge in [0.05, 0.1) is 13.5 Å². The molecule has 4 heteroatoms. The molecule has 0 aliphatic heterocycles. The van der Waals surface area contributed by atoms with Crippen molar-refractivity contribution in [2.45, 2.75) is 19.4 Å². The topological polar surface area (TPSA) is 52.3 Å². The highest BCUT2D eigenvalue weighted by molar-refractivity contribution is 6.31. The average Bonchev–Trinajstić information content (AvgIpc) is 2.21. The third-order valence-corrected chi connectivity index (χ3v) is 2.51. The van der Waals surface area contributed by atoms with Crippen LogP contribution in [0.15, 0.2) is 18.2 Å². The Hall–Kier alpha value is -1.06. The summed E-state index contributed by atoms with van der Waals surface area (Å²) in [7, 11) is 1.34. The fourth-order valence-corrected chi connectivity index (χ4v) is 1.58. The van der Waals surface area contributed by atoms with Gasteiger partial charge in [0, 0.05) is 11.1 Å². The molecule has 15 heavy (non-hydrogen) atoms. The Labute approximate surface area is 94.2 Å². The lowest BCUT2D eigenvalue weighted by molar-refractivity contribution is -0.141. The summed E-state index contributed by atoms with van der Waals surface area (Å²) in [5.41, 5.74) is 7.70. The maximum absolute atomic E-state index is 11.0. The van der Waals surface area contributed by atoms with Crippen LogP contribution in [-0.4, -0.2) is 13.1 Å². The minimum Gasteiger partial charge on any atom is -0.469 e. The standard InChI is InChI=1S/C11H14ClNO2/c1-7-3-4-9(12)8(5-7)10(13)6-11(14)15-2/h3-5,10H,6,13H2,1-2H3. The van der Waals surface area contributed by atoms with E-state index in [9.17, 15) is 4.79 Å². The van der Waals surface area contributed by atoms with E-state index in [2.05, 4.69) is 4.74 Å². The summed E-state index contributed by atoms with van der Waals surface area (Å²) >= 11 is 5.99. The summed E-state index contributed by atoms with van der Waals surface area (Å²) in [6, 6.07) is 5.15. The van der Waals surface area contributed by atoms with E-state index in [-0.39, 0.29) is 12.4 Å². The van der Waals surface area contributed by atoms with E-state index in [1.54, 1.807) is 6.07 Å². The van der Waals surface area contributed by atoms with Gasteiger partial charge in [0.2, 0.25) is 0 Å². The Morgan fingerprint density at radius 1 is 1.60 bits per heavy atom. The molecule has 0 heterocycles. The maximum Gasteiger partial charge on any atom is 0.307 e. The smallest absolute Gasteiger partial charge is 0.307 e. The summed E-state index contributed by atoms with van der Waals surface area (Å²) in [4.78, 5) is 11.0. The second kappa shape index (κ2) is 5.14. The van der Waals surface area contributed by atoms with Crippen molar-refractivity contribution in [2.24, 2.45) is 5.73 Å². The van der Waals surface area contributed by atoms with Crippen LogP contribution in [0.1, 0.15) is 23.6 Å². The van der Waals surface area contributed by atoms with Crippen LogP contribution >= 0.6 is 11.6 Å². The summed E-state index contributed by atoms with van der Waals surface area (Å²) in [6.45, 7) is 1.95. The van der Waals surface area contributed by atoms with E-state index in [1.807, 2.05) is 19.1 Å². The number of halogens is 1. The Bertz CT molecular complexity index is 366. The molecule has 1 aromatic rings. The van der Waals surface area contributed by atoms with Gasteiger partial charge in [0.25, 0.3) is 0 Å². The van der Waals surface area contributed by atoms with Crippen molar-refractivity contribution in [2.75, 3.05) is 7.11 Å². The number of nitrogens with two attached hydrogens (primary N) is 1. The third-order valence-electron chi connectivity index (χ3n) is 2.17. The Morgan fingerprint density at radius 2 is 2.27 bits per heavy atom. The van der Waals surface area contributed by atoms with Gasteiger partial charge >= 0.3 is 5.97 Å². The normalized spacial score (nSPS) is 12.3. The lowest BCUT2D eigenvalue weighted by atomic mass is 10.0. The van der Waals surface area contributed by atoms with E-state index in [1.165, 1.54) is 7.11 Å². The predicted molar refractivity (Wildman–Crippen MR) is 59.8 cm³/mol. The number of hydrogen-bond acceptors (Lipinski definition) is 3. The number of methoxy groups -OCH3 is 1. The number of aryl methyl sites for hydroxylation is 1. The first-order valence-corrected chi connectivity index (χ1v) is 5.01. The Kier molecular flexibility index (Phi) is 4.12. The summed E-state index contributed by atoms with van der Waals surface area (Å²) in [5, 5.41) is 0.581. The van der Waals surface area contributed by atoms with Crippen molar-refractivity contribution >= 4 is 17.6 Å². The number of benzene rings is 1. The van der Waals surface area contributed by atoms with Gasteiger partial charge in [-0.2, -0.15) is 0 Å². The molecule has 0 aliphatic carbocycles. The molecule has 0 fully saturated rings. The first-order chi connectivity index (χ1) is 7.04. The Morgan fingerprint density at radius 3 is 2.87 bits per heavy atom. The molecule has 0 aliphatic rings. The van der Waals surface area contributed by atoms with Crippen LogP contribution in [0.3, 0.4) is 0 Å². The van der Waals surface area contributed by atoms with Gasteiger partial charge in [0.1, 0.15) is 0 Å². The fourth-order valence-electron chi connectivity index (χ4n) is 1.32. The van der Waals surface area contributed by atoms with Crippen LogP contribution in [0.5, 0.6) is 0 Å². The first-order valence-electron chi connectivity index (χ1n) is 4.63. The summed E-state index contributed by atoms with van der Waals surface area (Å²) in [6.07, 6.45) is 0.139. The van der Waals surface area contributed by atoms with Crippen LogP contribution in [-0.2, 0) is 9.53 Å². The van der Waals surface area contributed by atoms with Crippen molar-refractivity contribution in [3.8, 4) is 0 Å². The van der Waals surface area contributed by atoms with Crippen molar-refractivity contribution < 1.29 is 9.53 Å². The number of esters is 1. The van der Waals surface area contributed by atoms with Crippen LogP contribution < -0.4 is 5.73 Å². The molecule has 0 saturated carbocycles. The molecule has 0 bridgehead atoms. The zero-order chi connectivity index (χ0) is 11.4. The highest BCUT2D eigenvalue weighted by Gasteiger charge is 2.14. The van der Waals surface area contributed by atoms with Crippen LogP contribution in [0, 0.1) is 6.92 Å². The van der Waals surface area contributed by atoms with E-state index < -0.39 is 6.04 Å². The lowest BCUT2D eigenvalue weighted by Gasteiger charge is -2.13. The van der Waals surface area contributed by atoms with Gasteiger partial charge in [0.15, 0.2) is 0 Å². The number of carbonyl (C=O) groups excluding carboxylic acids is 1. The quantitative estimate of drug-likeness (QED) is 0.806. The Balaban J connectivity index is 2.85. The molecule has 2 N–H and O–H groups in total. The highest BCUT2D eigenvalue weighted by atomic mass is 35.5. The number of hydrogen-bond donors (Lipinski definition) is 1. The SMILES string of the molecule is COC(=O)CC(N)c1cc(C)ccc1Cl. The zero-order valence-corrected chi connectivity index (χ0v) is 9.54. The van der Waals surface area contributed by atoms with Gasteiger partial charge in [-0.05, 0) is 18.6 Å². The molecular formula is C11H14ClNO2. The molecule has 0 aromatic heterocycles. The predicted octanol–water partition coefficient (Wildman–Crippen LogP) is 2.21. The van der Waals surface area contributed by atoms with E-state index >= 15 is 0 Å². The molecule has 0 amide bonds. The van der Waals surface area contributed by atoms with Gasteiger partial charge in [-0.15, -0.1) is 0 Å². The molecule has 0 radical (unpaired) electrons. The zero-order valence-electron chi connectivity index (χ0n) is 8.79. The average molecular weight is 228 g/mol. The summed E-state index contributed by atoms with van der Waals surface area (Å²) < 4.78 is 4.55. The second-order valence-electron chi connectivity index (χ2n) is 3.41. The minimum atomic E-state index is -0.412. The van der Waals surface area contributed by atoms with E-state index in [4.69, 9.17) is 17.3 Å². The van der Waals surface area contributed by atoms with Crippen molar-refractivity contribution in [1.29, 1.82) is 0 Å². The molecule has 0 spiro atoms. The molecule has 82 valence electrons. The highest BCUT2D eigenvalue weighted by Crippen LogP contribution is 2.24. The first kappa shape index (κ1) is 12.0. The van der Waals surface area contributed by atoms with Gasteiger partial charge in [-0.1, -0.05) is 29.3 Å². The van der Waals surface area contributed by atoms with Gasteiger partial charge in [-0.3, -0.25) is 4.79 Å².